The molecular weight excluding hydrogens is 228 g/mol. The molecule has 1 aliphatic carbocycles. The van der Waals surface area contributed by atoms with E-state index < -0.39 is 0 Å². The van der Waals surface area contributed by atoms with Crippen LogP contribution in [0.15, 0.2) is 18.3 Å². The van der Waals surface area contributed by atoms with E-state index in [1.807, 2.05) is 0 Å². The normalized spacial score (nSPS) is 15.8. The molecule has 0 aromatic carbocycles. The van der Waals surface area contributed by atoms with Crippen LogP contribution in [-0.4, -0.2) is 22.5 Å². The SMILES string of the molecule is O=C(NCCC1CCCC1)c1ccnc(CO)c1. The molecule has 1 saturated carbocycles. The van der Waals surface area contributed by atoms with Gasteiger partial charge in [-0.05, 0) is 24.5 Å². The zero-order chi connectivity index (χ0) is 12.8. The molecule has 1 amide bonds. The molecule has 1 fully saturated rings. The van der Waals surface area contributed by atoms with Crippen molar-refractivity contribution in [2.45, 2.75) is 38.7 Å². The molecule has 2 N–H and O–H groups in total. The maximum absolute atomic E-state index is 11.9. The summed E-state index contributed by atoms with van der Waals surface area (Å²) in [6.45, 7) is 0.601. The van der Waals surface area contributed by atoms with Gasteiger partial charge in [-0.1, -0.05) is 25.7 Å². The lowest BCUT2D eigenvalue weighted by Gasteiger charge is -2.10. The Labute approximate surface area is 107 Å². The average Bonchev–Trinajstić information content (AvgIpc) is 2.92. The van der Waals surface area contributed by atoms with Gasteiger partial charge in [-0.25, -0.2) is 0 Å². The van der Waals surface area contributed by atoms with Crippen molar-refractivity contribution in [3.63, 3.8) is 0 Å². The minimum absolute atomic E-state index is 0.0786. The van der Waals surface area contributed by atoms with Crippen LogP contribution in [0.2, 0.25) is 0 Å². The lowest BCUT2D eigenvalue weighted by molar-refractivity contribution is 0.0951. The van der Waals surface area contributed by atoms with Crippen molar-refractivity contribution < 1.29 is 9.90 Å². The molecule has 0 bridgehead atoms. The summed E-state index contributed by atoms with van der Waals surface area (Å²) in [6.07, 6.45) is 7.91. The maximum Gasteiger partial charge on any atom is 0.251 e. The minimum Gasteiger partial charge on any atom is -0.390 e. The Morgan fingerprint density at radius 2 is 2.22 bits per heavy atom. The third-order valence-corrected chi connectivity index (χ3v) is 3.55. The summed E-state index contributed by atoms with van der Waals surface area (Å²) in [5, 5.41) is 11.9. The van der Waals surface area contributed by atoms with Crippen molar-refractivity contribution in [1.29, 1.82) is 0 Å². The van der Waals surface area contributed by atoms with Gasteiger partial charge in [0.2, 0.25) is 0 Å². The second-order valence-electron chi connectivity index (χ2n) is 4.89. The number of carbonyl (C=O) groups excluding carboxylic acids is 1. The highest BCUT2D eigenvalue weighted by molar-refractivity contribution is 5.94. The Hall–Kier alpha value is -1.42. The molecular formula is C14H20N2O2. The van der Waals surface area contributed by atoms with Crippen LogP contribution in [-0.2, 0) is 6.61 Å². The molecule has 0 spiro atoms. The predicted octanol–water partition coefficient (Wildman–Crippen LogP) is 1.88. The van der Waals surface area contributed by atoms with E-state index in [0.717, 1.165) is 18.9 Å². The standard InChI is InChI=1S/C14H20N2O2/c17-10-13-9-12(6-8-15-13)14(18)16-7-5-11-3-1-2-4-11/h6,8-9,11,17H,1-5,7,10H2,(H,16,18). The monoisotopic (exact) mass is 248 g/mol. The van der Waals surface area contributed by atoms with E-state index in [9.17, 15) is 4.79 Å². The number of hydrogen-bond donors (Lipinski definition) is 2. The van der Waals surface area contributed by atoms with Crippen LogP contribution in [0.1, 0.15) is 48.2 Å². The molecule has 0 atom stereocenters. The van der Waals surface area contributed by atoms with Gasteiger partial charge in [0.05, 0.1) is 12.3 Å². The molecule has 1 aromatic rings. The predicted molar refractivity (Wildman–Crippen MR) is 69.1 cm³/mol. The number of amides is 1. The highest BCUT2D eigenvalue weighted by Gasteiger charge is 2.15. The Bertz CT molecular complexity index is 401. The maximum atomic E-state index is 11.9. The fourth-order valence-corrected chi connectivity index (χ4v) is 2.50. The van der Waals surface area contributed by atoms with E-state index in [1.54, 1.807) is 18.3 Å². The van der Waals surface area contributed by atoms with Gasteiger partial charge >= 0.3 is 0 Å². The molecule has 0 radical (unpaired) electrons. The Balaban J connectivity index is 1.79. The summed E-state index contributed by atoms with van der Waals surface area (Å²) in [5.41, 5.74) is 1.10. The summed E-state index contributed by atoms with van der Waals surface area (Å²) in [5.74, 6) is 0.709. The molecule has 4 nitrogen and oxygen atoms in total. The molecule has 98 valence electrons. The highest BCUT2D eigenvalue weighted by Crippen LogP contribution is 2.26. The number of nitrogens with zero attached hydrogens (tertiary/aromatic N) is 1. The summed E-state index contributed by atoms with van der Waals surface area (Å²) in [4.78, 5) is 15.8. The van der Waals surface area contributed by atoms with Gasteiger partial charge in [0.15, 0.2) is 0 Å². The van der Waals surface area contributed by atoms with Gasteiger partial charge in [0, 0.05) is 18.3 Å². The van der Waals surface area contributed by atoms with Crippen molar-refractivity contribution in [3.05, 3.63) is 29.6 Å². The largest absolute Gasteiger partial charge is 0.390 e. The van der Waals surface area contributed by atoms with Gasteiger partial charge in [-0.2, -0.15) is 0 Å². The van der Waals surface area contributed by atoms with Crippen LogP contribution >= 0.6 is 0 Å². The quantitative estimate of drug-likeness (QED) is 0.836. The number of nitrogens with one attached hydrogen (secondary N) is 1. The second kappa shape index (κ2) is 6.50. The first kappa shape index (κ1) is 13.0. The third-order valence-electron chi connectivity index (χ3n) is 3.55. The summed E-state index contributed by atoms with van der Waals surface area (Å²) < 4.78 is 0. The molecule has 1 aliphatic rings. The van der Waals surface area contributed by atoms with Crippen LogP contribution < -0.4 is 5.32 Å². The number of hydrogen-bond acceptors (Lipinski definition) is 3. The molecule has 2 rings (SSSR count). The Kier molecular flexibility index (Phi) is 4.70. The van der Waals surface area contributed by atoms with Gasteiger partial charge in [0.25, 0.3) is 5.91 Å². The van der Waals surface area contributed by atoms with E-state index >= 15 is 0 Å². The van der Waals surface area contributed by atoms with Crippen LogP contribution in [0.3, 0.4) is 0 Å². The van der Waals surface area contributed by atoms with Gasteiger partial charge in [-0.3, -0.25) is 9.78 Å². The number of aliphatic hydroxyl groups excluding tert-OH is 1. The molecule has 4 heteroatoms. The second-order valence-corrected chi connectivity index (χ2v) is 4.89. The summed E-state index contributed by atoms with van der Waals surface area (Å²) in [6, 6.07) is 3.30. The fourth-order valence-electron chi connectivity index (χ4n) is 2.50. The smallest absolute Gasteiger partial charge is 0.251 e. The zero-order valence-corrected chi connectivity index (χ0v) is 10.6. The Morgan fingerprint density at radius 1 is 1.44 bits per heavy atom. The van der Waals surface area contributed by atoms with Gasteiger partial charge in [-0.15, -0.1) is 0 Å². The van der Waals surface area contributed by atoms with Gasteiger partial charge < -0.3 is 10.4 Å². The van der Waals surface area contributed by atoms with E-state index in [2.05, 4.69) is 10.3 Å². The van der Waals surface area contributed by atoms with Crippen molar-refractivity contribution in [1.82, 2.24) is 10.3 Å². The van der Waals surface area contributed by atoms with Gasteiger partial charge in [0.1, 0.15) is 0 Å². The van der Waals surface area contributed by atoms with E-state index in [1.165, 1.54) is 25.7 Å². The van der Waals surface area contributed by atoms with Crippen LogP contribution in [0.4, 0.5) is 0 Å². The van der Waals surface area contributed by atoms with E-state index in [4.69, 9.17) is 5.11 Å². The zero-order valence-electron chi connectivity index (χ0n) is 10.6. The molecule has 0 unspecified atom stereocenters. The van der Waals surface area contributed by atoms with Crippen LogP contribution in [0.5, 0.6) is 0 Å². The first-order valence-corrected chi connectivity index (χ1v) is 6.63. The average molecular weight is 248 g/mol. The molecule has 0 saturated heterocycles. The van der Waals surface area contributed by atoms with Crippen molar-refractivity contribution >= 4 is 5.91 Å². The molecule has 0 aliphatic heterocycles. The Morgan fingerprint density at radius 3 is 2.94 bits per heavy atom. The molecule has 1 aromatic heterocycles. The lowest BCUT2D eigenvalue weighted by Crippen LogP contribution is -2.25. The first-order valence-electron chi connectivity index (χ1n) is 6.63. The lowest BCUT2D eigenvalue weighted by atomic mass is 10.0. The minimum atomic E-state index is -0.136. The first-order chi connectivity index (χ1) is 8.79. The molecule has 18 heavy (non-hydrogen) atoms. The highest BCUT2D eigenvalue weighted by atomic mass is 16.3. The number of pyridine rings is 1. The third kappa shape index (κ3) is 3.53. The number of aliphatic hydroxyl groups is 1. The summed E-state index contributed by atoms with van der Waals surface area (Å²) >= 11 is 0. The van der Waals surface area contributed by atoms with E-state index in [-0.39, 0.29) is 12.5 Å². The van der Waals surface area contributed by atoms with Crippen molar-refractivity contribution in [3.8, 4) is 0 Å². The number of rotatable bonds is 5. The number of aromatic nitrogens is 1. The van der Waals surface area contributed by atoms with Crippen LogP contribution in [0, 0.1) is 5.92 Å². The topological polar surface area (TPSA) is 62.2 Å². The van der Waals surface area contributed by atoms with E-state index in [0.29, 0.717) is 11.3 Å². The van der Waals surface area contributed by atoms with Crippen molar-refractivity contribution in [2.75, 3.05) is 6.54 Å². The van der Waals surface area contributed by atoms with Crippen molar-refractivity contribution in [2.24, 2.45) is 5.92 Å². The van der Waals surface area contributed by atoms with Crippen LogP contribution in [0.25, 0.3) is 0 Å². The molecule has 1 heterocycles. The fraction of sp³-hybridized carbons (Fsp3) is 0.571. The number of carbonyl (C=O) groups is 1. The summed E-state index contributed by atoms with van der Waals surface area (Å²) in [7, 11) is 0.